The van der Waals surface area contributed by atoms with Gasteiger partial charge < -0.3 is 14.3 Å². The molecule has 0 aromatic carbocycles. The number of nitrogens with zero attached hydrogens (tertiary/aromatic N) is 1. The van der Waals surface area contributed by atoms with Crippen LogP contribution in [0.2, 0.25) is 0 Å². The highest BCUT2D eigenvalue weighted by molar-refractivity contribution is 8.26. The van der Waals surface area contributed by atoms with E-state index in [-0.39, 0.29) is 12.3 Å². The van der Waals surface area contributed by atoms with Gasteiger partial charge in [0.15, 0.2) is 0 Å². The number of carbonyl (C=O) groups excluding carboxylic acids is 2. The van der Waals surface area contributed by atoms with Gasteiger partial charge in [-0.05, 0) is 43.7 Å². The van der Waals surface area contributed by atoms with Gasteiger partial charge in [-0.3, -0.25) is 9.69 Å². The van der Waals surface area contributed by atoms with Crippen molar-refractivity contribution in [1.82, 2.24) is 4.90 Å². The van der Waals surface area contributed by atoms with E-state index in [0.717, 1.165) is 12.2 Å². The number of amides is 1. The number of rotatable bonds is 7. The summed E-state index contributed by atoms with van der Waals surface area (Å²) in [5, 5.41) is 10.4. The van der Waals surface area contributed by atoms with Crippen LogP contribution in [0.3, 0.4) is 0 Å². The number of hydrogen-bond acceptors (Lipinski definition) is 6. The zero-order valence-electron chi connectivity index (χ0n) is 13.3. The van der Waals surface area contributed by atoms with Crippen molar-refractivity contribution >= 4 is 46.3 Å². The molecule has 2 heterocycles. The number of carboxylic acid groups (broad SMARTS) is 1. The third-order valence-electron chi connectivity index (χ3n) is 4.28. The minimum absolute atomic E-state index is 0.000602. The van der Waals surface area contributed by atoms with Gasteiger partial charge in [0.05, 0.1) is 4.91 Å². The Labute approximate surface area is 150 Å². The Kier molecular flexibility index (Phi) is 5.10. The molecule has 1 saturated heterocycles. The van der Waals surface area contributed by atoms with E-state index in [2.05, 4.69) is 6.92 Å². The maximum atomic E-state index is 12.4. The van der Waals surface area contributed by atoms with Gasteiger partial charge in [-0.25, -0.2) is 0 Å². The van der Waals surface area contributed by atoms with Gasteiger partial charge in [0.2, 0.25) is 0 Å². The molecule has 1 amide bonds. The van der Waals surface area contributed by atoms with E-state index in [0.29, 0.717) is 46.2 Å². The Hall–Kier alpha value is -1.60. The van der Waals surface area contributed by atoms with Gasteiger partial charge in [-0.1, -0.05) is 30.9 Å². The van der Waals surface area contributed by atoms with Gasteiger partial charge in [-0.2, -0.15) is 0 Å². The standard InChI is InChI=1S/C17H19NO4S2/c1-10-8-12(10)13-6-5-11(22-13)9-14-16(21)18(17(23)24-14)7-3-2-4-15(19)20/h5-6,9-10,12H,2-4,7-8H2,1H3,(H,19,20)/p-1/b14-9-/t10-,12-/m1/s1. The predicted octanol–water partition coefficient (Wildman–Crippen LogP) is 2.52. The first kappa shape index (κ1) is 17.2. The van der Waals surface area contributed by atoms with Crippen LogP contribution in [0.25, 0.3) is 6.08 Å². The first-order chi connectivity index (χ1) is 11.5. The number of aliphatic carboxylic acids is 1. The van der Waals surface area contributed by atoms with Crippen LogP contribution in [-0.2, 0) is 9.59 Å². The lowest BCUT2D eigenvalue weighted by Gasteiger charge is -2.14. The average molecular weight is 364 g/mol. The number of hydrogen-bond donors (Lipinski definition) is 0. The molecule has 0 spiro atoms. The normalized spacial score (nSPS) is 24.9. The van der Waals surface area contributed by atoms with Crippen molar-refractivity contribution in [3.8, 4) is 0 Å². The Balaban J connectivity index is 1.60. The third kappa shape index (κ3) is 3.89. The second kappa shape index (κ2) is 7.11. The molecular weight excluding hydrogens is 346 g/mol. The smallest absolute Gasteiger partial charge is 0.266 e. The molecule has 24 heavy (non-hydrogen) atoms. The fraction of sp³-hybridized carbons (Fsp3) is 0.471. The van der Waals surface area contributed by atoms with Crippen LogP contribution in [0.1, 0.15) is 50.0 Å². The largest absolute Gasteiger partial charge is 0.550 e. The van der Waals surface area contributed by atoms with Crippen molar-refractivity contribution in [2.75, 3.05) is 6.54 Å². The van der Waals surface area contributed by atoms with E-state index < -0.39 is 5.97 Å². The molecule has 128 valence electrons. The maximum Gasteiger partial charge on any atom is 0.266 e. The second-order valence-corrected chi connectivity index (χ2v) is 7.90. The van der Waals surface area contributed by atoms with Crippen LogP contribution >= 0.6 is 24.0 Å². The Morgan fingerprint density at radius 2 is 2.25 bits per heavy atom. The monoisotopic (exact) mass is 364 g/mol. The van der Waals surface area contributed by atoms with Gasteiger partial charge >= 0.3 is 0 Å². The van der Waals surface area contributed by atoms with E-state index in [1.165, 1.54) is 16.7 Å². The third-order valence-corrected chi connectivity index (χ3v) is 5.66. The van der Waals surface area contributed by atoms with Crippen LogP contribution in [0.4, 0.5) is 0 Å². The number of unbranched alkanes of at least 4 members (excludes halogenated alkanes) is 1. The predicted molar refractivity (Wildman–Crippen MR) is 94.0 cm³/mol. The number of carboxylic acids is 1. The Morgan fingerprint density at radius 1 is 1.50 bits per heavy atom. The molecule has 1 saturated carbocycles. The van der Waals surface area contributed by atoms with Crippen molar-refractivity contribution < 1.29 is 19.1 Å². The fourth-order valence-electron chi connectivity index (χ4n) is 2.73. The van der Waals surface area contributed by atoms with E-state index >= 15 is 0 Å². The number of carbonyl (C=O) groups is 2. The van der Waals surface area contributed by atoms with Gasteiger partial charge in [0.1, 0.15) is 15.8 Å². The van der Waals surface area contributed by atoms with Crippen molar-refractivity contribution in [3.63, 3.8) is 0 Å². The lowest BCUT2D eigenvalue weighted by Crippen LogP contribution is -2.29. The van der Waals surface area contributed by atoms with Crippen molar-refractivity contribution in [2.24, 2.45) is 5.92 Å². The van der Waals surface area contributed by atoms with Crippen LogP contribution in [0.15, 0.2) is 21.5 Å². The summed E-state index contributed by atoms with van der Waals surface area (Å²) in [5.41, 5.74) is 0. The molecule has 1 aromatic heterocycles. The molecule has 1 aliphatic carbocycles. The van der Waals surface area contributed by atoms with Crippen LogP contribution in [0.5, 0.6) is 0 Å². The van der Waals surface area contributed by atoms with E-state index in [9.17, 15) is 14.7 Å². The summed E-state index contributed by atoms with van der Waals surface area (Å²) < 4.78 is 6.31. The lowest BCUT2D eigenvalue weighted by atomic mass is 10.2. The molecular formula is C17H18NO4S2-. The molecule has 2 fully saturated rings. The Bertz CT molecular complexity index is 709. The molecule has 1 aromatic rings. The summed E-state index contributed by atoms with van der Waals surface area (Å²) in [6.07, 6.45) is 3.94. The van der Waals surface area contributed by atoms with Crippen LogP contribution in [-0.4, -0.2) is 27.6 Å². The highest BCUT2D eigenvalue weighted by Gasteiger charge is 2.37. The minimum atomic E-state index is -1.07. The first-order valence-electron chi connectivity index (χ1n) is 8.00. The molecule has 0 N–H and O–H groups in total. The van der Waals surface area contributed by atoms with Crippen molar-refractivity contribution in [3.05, 3.63) is 28.6 Å². The Morgan fingerprint density at radius 3 is 2.92 bits per heavy atom. The van der Waals surface area contributed by atoms with Crippen LogP contribution in [0, 0.1) is 5.92 Å². The zero-order valence-corrected chi connectivity index (χ0v) is 15.0. The van der Waals surface area contributed by atoms with Gasteiger partial charge in [-0.15, -0.1) is 0 Å². The molecule has 7 heteroatoms. The molecule has 2 aliphatic rings. The quantitative estimate of drug-likeness (QED) is 0.420. The molecule has 2 atom stereocenters. The second-order valence-electron chi connectivity index (χ2n) is 6.22. The molecule has 0 bridgehead atoms. The van der Waals surface area contributed by atoms with Crippen LogP contribution < -0.4 is 5.11 Å². The summed E-state index contributed by atoms with van der Waals surface area (Å²) in [7, 11) is 0. The summed E-state index contributed by atoms with van der Waals surface area (Å²) in [6.45, 7) is 2.62. The summed E-state index contributed by atoms with van der Waals surface area (Å²) in [4.78, 5) is 24.9. The highest BCUT2D eigenvalue weighted by atomic mass is 32.2. The maximum absolute atomic E-state index is 12.4. The summed E-state index contributed by atoms with van der Waals surface area (Å²) in [6, 6.07) is 3.85. The molecule has 0 radical (unpaired) electrons. The molecule has 5 nitrogen and oxygen atoms in total. The number of thiocarbonyl (C=S) groups is 1. The van der Waals surface area contributed by atoms with Crippen molar-refractivity contribution in [2.45, 2.75) is 38.5 Å². The van der Waals surface area contributed by atoms with Crippen molar-refractivity contribution in [1.29, 1.82) is 0 Å². The molecule has 1 aliphatic heterocycles. The molecule has 0 unspecified atom stereocenters. The summed E-state index contributed by atoms with van der Waals surface area (Å²) in [5.74, 6) is 1.61. The minimum Gasteiger partial charge on any atom is -0.550 e. The topological polar surface area (TPSA) is 73.6 Å². The number of furan rings is 1. The molecule has 3 rings (SSSR count). The highest BCUT2D eigenvalue weighted by Crippen LogP contribution is 2.47. The van der Waals surface area contributed by atoms with E-state index in [4.69, 9.17) is 16.6 Å². The first-order valence-corrected chi connectivity index (χ1v) is 9.23. The summed E-state index contributed by atoms with van der Waals surface area (Å²) >= 11 is 6.51. The zero-order chi connectivity index (χ0) is 17.3. The van der Waals surface area contributed by atoms with E-state index in [1.54, 1.807) is 6.08 Å². The van der Waals surface area contributed by atoms with Gasteiger partial charge in [0.25, 0.3) is 5.91 Å². The lowest BCUT2D eigenvalue weighted by molar-refractivity contribution is -0.305. The SMILES string of the molecule is C[C@@H]1C[C@H]1c1ccc(/C=C2\SC(=S)N(CCCCC(=O)[O-])C2=O)o1. The average Bonchev–Trinajstić information content (AvgIpc) is 2.97. The fourth-order valence-corrected chi connectivity index (χ4v) is 4.01. The van der Waals surface area contributed by atoms with Gasteiger partial charge in [0, 0.05) is 24.5 Å². The number of thioether (sulfide) groups is 1. The van der Waals surface area contributed by atoms with E-state index in [1.807, 2.05) is 12.1 Å².